The fourth-order valence-electron chi connectivity index (χ4n) is 3.22. The topological polar surface area (TPSA) is 67.0 Å². The number of hydrogen-bond donors (Lipinski definition) is 2. The summed E-state index contributed by atoms with van der Waals surface area (Å²) in [6, 6.07) is 17.0. The fraction of sp³-hybridized carbons (Fsp3) is 0.130. The van der Waals surface area contributed by atoms with Crippen LogP contribution in [0, 0.1) is 6.92 Å². The molecule has 2 N–H and O–H groups in total. The number of rotatable bonds is 6. The molecule has 0 spiro atoms. The lowest BCUT2D eigenvalue weighted by Crippen LogP contribution is -2.11. The first-order chi connectivity index (χ1) is 14.2. The molecule has 6 heteroatoms. The van der Waals surface area contributed by atoms with Crippen molar-refractivity contribution >= 4 is 22.6 Å². The number of aromatic amines is 1. The van der Waals surface area contributed by atoms with Gasteiger partial charge in [-0.05, 0) is 42.3 Å². The van der Waals surface area contributed by atoms with Crippen molar-refractivity contribution in [3.63, 3.8) is 0 Å². The van der Waals surface area contributed by atoms with Crippen molar-refractivity contribution in [2.75, 3.05) is 12.0 Å². The van der Waals surface area contributed by atoms with Gasteiger partial charge in [0, 0.05) is 23.6 Å². The quantitative estimate of drug-likeness (QED) is 0.449. The number of para-hydroxylation sites is 1. The first-order valence-corrected chi connectivity index (χ1v) is 9.31. The zero-order valence-electron chi connectivity index (χ0n) is 15.9. The molecular formula is C23H20FN3O2. The van der Waals surface area contributed by atoms with Crippen LogP contribution in [0.2, 0.25) is 0 Å². The Hall–Kier alpha value is -3.67. The smallest absolute Gasteiger partial charge is 0.227 e. The van der Waals surface area contributed by atoms with Gasteiger partial charge in [-0.3, -0.25) is 9.18 Å². The number of alkyl halides is 1. The molecule has 146 valence electrons. The number of nitrogens with zero attached hydrogens (tertiary/aromatic N) is 1. The van der Waals surface area contributed by atoms with Gasteiger partial charge in [-0.25, -0.2) is 4.98 Å². The van der Waals surface area contributed by atoms with Crippen LogP contribution in [0.15, 0.2) is 67.0 Å². The molecule has 0 aliphatic heterocycles. The number of pyridine rings is 1. The van der Waals surface area contributed by atoms with E-state index in [1.54, 1.807) is 18.3 Å². The summed E-state index contributed by atoms with van der Waals surface area (Å²) in [5, 5.41) is 3.63. The van der Waals surface area contributed by atoms with E-state index in [9.17, 15) is 9.18 Å². The summed E-state index contributed by atoms with van der Waals surface area (Å²) in [5.41, 5.74) is 4.34. The highest BCUT2D eigenvalue weighted by atomic mass is 19.1. The number of carbonyl (C=O) groups excluding carboxylic acids is 1. The van der Waals surface area contributed by atoms with Gasteiger partial charge in [0.15, 0.2) is 0 Å². The summed E-state index contributed by atoms with van der Waals surface area (Å²) >= 11 is 0. The highest BCUT2D eigenvalue weighted by Gasteiger charge is 2.12. The second kappa shape index (κ2) is 8.14. The number of fused-ring (bicyclic) bond motifs is 1. The Morgan fingerprint density at radius 3 is 2.69 bits per heavy atom. The molecule has 0 unspecified atom stereocenters. The van der Waals surface area contributed by atoms with Gasteiger partial charge in [-0.2, -0.15) is 0 Å². The molecule has 2 aromatic heterocycles. The minimum Gasteiger partial charge on any atom is -0.456 e. The fourth-order valence-corrected chi connectivity index (χ4v) is 3.22. The molecule has 0 aliphatic rings. The molecule has 0 saturated heterocycles. The average molecular weight is 389 g/mol. The van der Waals surface area contributed by atoms with Crippen molar-refractivity contribution in [3.8, 4) is 22.6 Å². The number of nitrogens with one attached hydrogen (secondary N) is 2. The van der Waals surface area contributed by atoms with Crippen LogP contribution in [0.25, 0.3) is 22.2 Å². The maximum absolute atomic E-state index is 12.3. The minimum atomic E-state index is -0.669. The largest absolute Gasteiger partial charge is 0.456 e. The lowest BCUT2D eigenvalue weighted by Gasteiger charge is -2.13. The van der Waals surface area contributed by atoms with Gasteiger partial charge in [-0.1, -0.05) is 30.3 Å². The Labute approximate surface area is 167 Å². The molecule has 0 atom stereocenters. The number of carbonyl (C=O) groups is 1. The second-order valence-electron chi connectivity index (χ2n) is 6.67. The lowest BCUT2D eigenvalue weighted by atomic mass is 10.0. The molecule has 2 heterocycles. The zero-order chi connectivity index (χ0) is 20.2. The van der Waals surface area contributed by atoms with E-state index in [4.69, 9.17) is 4.74 Å². The Morgan fingerprint density at radius 2 is 1.90 bits per heavy atom. The molecule has 0 radical (unpaired) electrons. The van der Waals surface area contributed by atoms with Crippen LogP contribution in [0.3, 0.4) is 0 Å². The standard InChI is InChI=1S/C23H20FN3O2/c1-15-14-26-23-22(15)20(11-13-25-23)29-19-5-3-2-4-18(19)16-6-8-17(9-7-16)27-21(28)10-12-24/h2-9,11,13-14H,10,12H2,1H3,(H,25,26)(H,27,28). The van der Waals surface area contributed by atoms with Gasteiger partial charge in [0.1, 0.15) is 17.1 Å². The number of ether oxygens (including phenoxy) is 1. The number of H-pyrrole nitrogens is 1. The van der Waals surface area contributed by atoms with E-state index < -0.39 is 6.67 Å². The maximum atomic E-state index is 12.3. The van der Waals surface area contributed by atoms with Gasteiger partial charge in [-0.15, -0.1) is 0 Å². The third-order valence-corrected chi connectivity index (χ3v) is 4.64. The third kappa shape index (κ3) is 3.96. The number of amides is 1. The number of aromatic nitrogens is 2. The molecule has 4 rings (SSSR count). The highest BCUT2D eigenvalue weighted by Crippen LogP contribution is 2.36. The molecule has 0 bridgehead atoms. The number of hydrogen-bond acceptors (Lipinski definition) is 3. The Morgan fingerprint density at radius 1 is 1.10 bits per heavy atom. The molecule has 0 fully saturated rings. The number of aryl methyl sites for hydroxylation is 1. The van der Waals surface area contributed by atoms with Crippen LogP contribution in [-0.4, -0.2) is 22.5 Å². The number of anilines is 1. The molecular weight excluding hydrogens is 369 g/mol. The lowest BCUT2D eigenvalue weighted by molar-refractivity contribution is -0.116. The molecule has 5 nitrogen and oxygen atoms in total. The summed E-state index contributed by atoms with van der Waals surface area (Å²) in [6.45, 7) is 1.34. The number of benzene rings is 2. The first kappa shape index (κ1) is 18.7. The van der Waals surface area contributed by atoms with E-state index in [-0.39, 0.29) is 12.3 Å². The zero-order valence-corrected chi connectivity index (χ0v) is 15.9. The van der Waals surface area contributed by atoms with Crippen LogP contribution >= 0.6 is 0 Å². The molecule has 29 heavy (non-hydrogen) atoms. The van der Waals surface area contributed by atoms with E-state index >= 15 is 0 Å². The molecule has 0 aliphatic carbocycles. The van der Waals surface area contributed by atoms with Crippen molar-refractivity contribution in [1.29, 1.82) is 0 Å². The van der Waals surface area contributed by atoms with Crippen molar-refractivity contribution in [3.05, 3.63) is 72.6 Å². The van der Waals surface area contributed by atoms with Gasteiger partial charge < -0.3 is 15.0 Å². The van der Waals surface area contributed by atoms with E-state index in [1.807, 2.05) is 55.6 Å². The molecule has 4 aromatic rings. The summed E-state index contributed by atoms with van der Waals surface area (Å²) < 4.78 is 18.5. The van der Waals surface area contributed by atoms with Crippen molar-refractivity contribution in [1.82, 2.24) is 9.97 Å². The Bertz CT molecular complexity index is 1150. The predicted octanol–water partition coefficient (Wildman–Crippen LogP) is 5.63. The first-order valence-electron chi connectivity index (χ1n) is 9.31. The Balaban J connectivity index is 1.63. The van der Waals surface area contributed by atoms with Crippen molar-refractivity contribution in [2.24, 2.45) is 0 Å². The highest BCUT2D eigenvalue weighted by molar-refractivity contribution is 5.91. The van der Waals surface area contributed by atoms with E-state index in [0.29, 0.717) is 5.69 Å². The molecule has 2 aromatic carbocycles. The monoisotopic (exact) mass is 389 g/mol. The maximum Gasteiger partial charge on any atom is 0.227 e. The van der Waals surface area contributed by atoms with Gasteiger partial charge in [0.25, 0.3) is 0 Å². The van der Waals surface area contributed by atoms with Gasteiger partial charge >= 0.3 is 0 Å². The van der Waals surface area contributed by atoms with Crippen LogP contribution in [0.5, 0.6) is 11.5 Å². The van der Waals surface area contributed by atoms with E-state index in [2.05, 4.69) is 15.3 Å². The third-order valence-electron chi connectivity index (χ3n) is 4.64. The molecule has 1 amide bonds. The van der Waals surface area contributed by atoms with E-state index in [0.717, 1.165) is 39.2 Å². The second-order valence-corrected chi connectivity index (χ2v) is 6.67. The van der Waals surface area contributed by atoms with Crippen molar-refractivity contribution < 1.29 is 13.9 Å². The van der Waals surface area contributed by atoms with Crippen molar-refractivity contribution in [2.45, 2.75) is 13.3 Å². The summed E-state index contributed by atoms with van der Waals surface area (Å²) in [7, 11) is 0. The summed E-state index contributed by atoms with van der Waals surface area (Å²) in [6.07, 6.45) is 3.48. The normalized spacial score (nSPS) is 10.8. The average Bonchev–Trinajstić information content (AvgIpc) is 3.11. The Kier molecular flexibility index (Phi) is 5.24. The number of halogens is 1. The van der Waals surface area contributed by atoms with Crippen LogP contribution in [-0.2, 0) is 4.79 Å². The summed E-state index contributed by atoms with van der Waals surface area (Å²) in [5.74, 6) is 1.11. The minimum absolute atomic E-state index is 0.141. The SMILES string of the molecule is Cc1c[nH]c2nccc(Oc3ccccc3-c3ccc(NC(=O)CCF)cc3)c12. The van der Waals surface area contributed by atoms with Crippen LogP contribution in [0.1, 0.15) is 12.0 Å². The van der Waals surface area contributed by atoms with Gasteiger partial charge in [0.05, 0.1) is 18.5 Å². The van der Waals surface area contributed by atoms with Crippen LogP contribution in [0.4, 0.5) is 10.1 Å². The van der Waals surface area contributed by atoms with Crippen LogP contribution < -0.4 is 10.1 Å². The molecule has 0 saturated carbocycles. The summed E-state index contributed by atoms with van der Waals surface area (Å²) in [4.78, 5) is 19.0. The predicted molar refractivity (Wildman–Crippen MR) is 112 cm³/mol. The van der Waals surface area contributed by atoms with E-state index in [1.165, 1.54) is 0 Å². The van der Waals surface area contributed by atoms with Gasteiger partial charge in [0.2, 0.25) is 5.91 Å².